The lowest BCUT2D eigenvalue weighted by Crippen LogP contribution is -2.45. The van der Waals surface area contributed by atoms with Crippen LogP contribution in [0.2, 0.25) is 0 Å². The van der Waals surface area contributed by atoms with Crippen LogP contribution >= 0.6 is 0 Å². The average Bonchev–Trinajstić information content (AvgIpc) is 2.60. The Hall–Kier alpha value is -2.64. The normalized spacial score (nSPS) is 14.9. The number of nitrogens with zero attached hydrogens (tertiary/aromatic N) is 2. The van der Waals surface area contributed by atoms with Crippen molar-refractivity contribution in [2.24, 2.45) is 5.92 Å². The van der Waals surface area contributed by atoms with Crippen LogP contribution < -0.4 is 4.74 Å². The fourth-order valence-corrected chi connectivity index (χ4v) is 2.75. The SMILES string of the molecule is COc1ccc(C(=O)N(C)CC(=O)N2CCC(C(=O)O)CC2)c(F)c1. The molecule has 136 valence electrons. The summed E-state index contributed by atoms with van der Waals surface area (Å²) in [6.45, 7) is 0.492. The van der Waals surface area contributed by atoms with Crippen molar-refractivity contribution in [3.05, 3.63) is 29.6 Å². The first-order valence-corrected chi connectivity index (χ1v) is 7.93. The second-order valence-electron chi connectivity index (χ2n) is 6.00. The summed E-state index contributed by atoms with van der Waals surface area (Å²) in [7, 11) is 2.82. The third-order valence-electron chi connectivity index (χ3n) is 4.32. The molecular weight excluding hydrogens is 331 g/mol. The van der Waals surface area contributed by atoms with Crippen molar-refractivity contribution in [3.8, 4) is 5.75 Å². The van der Waals surface area contributed by atoms with Crippen LogP contribution in [0.4, 0.5) is 4.39 Å². The number of methoxy groups -OCH3 is 1. The Kier molecular flexibility index (Phi) is 5.95. The predicted octanol–water partition coefficient (Wildman–Crippen LogP) is 1.23. The maximum atomic E-state index is 14.0. The van der Waals surface area contributed by atoms with Crippen molar-refractivity contribution in [2.45, 2.75) is 12.8 Å². The molecule has 25 heavy (non-hydrogen) atoms. The highest BCUT2D eigenvalue weighted by atomic mass is 19.1. The third kappa shape index (κ3) is 4.46. The minimum Gasteiger partial charge on any atom is -0.497 e. The highest BCUT2D eigenvalue weighted by molar-refractivity contribution is 5.96. The van der Waals surface area contributed by atoms with Gasteiger partial charge in [0.25, 0.3) is 5.91 Å². The molecule has 0 atom stereocenters. The highest BCUT2D eigenvalue weighted by Gasteiger charge is 2.28. The van der Waals surface area contributed by atoms with E-state index in [0.29, 0.717) is 31.7 Å². The lowest BCUT2D eigenvalue weighted by atomic mass is 9.97. The van der Waals surface area contributed by atoms with Crippen LogP contribution in [-0.2, 0) is 9.59 Å². The number of carbonyl (C=O) groups is 3. The van der Waals surface area contributed by atoms with Crippen LogP contribution in [0.1, 0.15) is 23.2 Å². The number of likely N-dealkylation sites (N-methyl/N-ethyl adjacent to an activating group) is 1. The van der Waals surface area contributed by atoms with Gasteiger partial charge in [-0.25, -0.2) is 4.39 Å². The van der Waals surface area contributed by atoms with Gasteiger partial charge in [0.15, 0.2) is 0 Å². The molecule has 1 aromatic carbocycles. The highest BCUT2D eigenvalue weighted by Crippen LogP contribution is 2.19. The first-order chi connectivity index (χ1) is 11.8. The molecule has 1 N–H and O–H groups in total. The van der Waals surface area contributed by atoms with Gasteiger partial charge in [-0.15, -0.1) is 0 Å². The van der Waals surface area contributed by atoms with Gasteiger partial charge in [-0.3, -0.25) is 14.4 Å². The summed E-state index contributed by atoms with van der Waals surface area (Å²) in [5.41, 5.74) is -0.138. The number of halogens is 1. The number of carboxylic acids is 1. The van der Waals surface area contributed by atoms with Crippen molar-refractivity contribution in [2.75, 3.05) is 33.8 Å². The van der Waals surface area contributed by atoms with E-state index >= 15 is 0 Å². The zero-order valence-electron chi connectivity index (χ0n) is 14.2. The molecule has 7 nitrogen and oxygen atoms in total. The van der Waals surface area contributed by atoms with Crippen LogP contribution in [0.15, 0.2) is 18.2 Å². The Balaban J connectivity index is 1.95. The molecule has 1 heterocycles. The number of likely N-dealkylation sites (tertiary alicyclic amines) is 1. The number of piperidine rings is 1. The van der Waals surface area contributed by atoms with Gasteiger partial charge in [0.05, 0.1) is 25.1 Å². The molecule has 0 radical (unpaired) electrons. The second kappa shape index (κ2) is 7.96. The van der Waals surface area contributed by atoms with E-state index in [9.17, 15) is 18.8 Å². The van der Waals surface area contributed by atoms with E-state index < -0.39 is 23.6 Å². The Bertz CT molecular complexity index is 671. The molecule has 1 aromatic rings. The van der Waals surface area contributed by atoms with Crippen molar-refractivity contribution >= 4 is 17.8 Å². The van der Waals surface area contributed by atoms with Crippen LogP contribution in [0.3, 0.4) is 0 Å². The van der Waals surface area contributed by atoms with Crippen molar-refractivity contribution < 1.29 is 28.6 Å². The number of carboxylic acid groups (broad SMARTS) is 1. The number of ether oxygens (including phenoxy) is 1. The molecule has 0 aromatic heterocycles. The average molecular weight is 352 g/mol. The zero-order valence-corrected chi connectivity index (χ0v) is 14.2. The number of amides is 2. The number of hydrogen-bond acceptors (Lipinski definition) is 4. The van der Waals surface area contributed by atoms with E-state index in [2.05, 4.69) is 0 Å². The fourth-order valence-electron chi connectivity index (χ4n) is 2.75. The van der Waals surface area contributed by atoms with Crippen LogP contribution in [0.25, 0.3) is 0 Å². The second-order valence-corrected chi connectivity index (χ2v) is 6.00. The molecule has 0 aliphatic carbocycles. The van der Waals surface area contributed by atoms with Gasteiger partial charge in [-0.1, -0.05) is 0 Å². The van der Waals surface area contributed by atoms with Gasteiger partial charge in [0.2, 0.25) is 5.91 Å². The predicted molar refractivity (Wildman–Crippen MR) is 86.9 cm³/mol. The molecule has 2 rings (SSSR count). The van der Waals surface area contributed by atoms with Crippen LogP contribution in [0.5, 0.6) is 5.75 Å². The maximum absolute atomic E-state index is 14.0. The van der Waals surface area contributed by atoms with Crippen molar-refractivity contribution in [1.29, 1.82) is 0 Å². The molecule has 0 unspecified atom stereocenters. The minimum absolute atomic E-state index is 0.138. The number of aliphatic carboxylic acids is 1. The largest absolute Gasteiger partial charge is 0.497 e. The van der Waals surface area contributed by atoms with Gasteiger partial charge < -0.3 is 19.6 Å². The standard InChI is InChI=1S/C17H21FN2O5/c1-19(16(22)13-4-3-12(25-2)9-14(13)18)10-15(21)20-7-5-11(6-8-20)17(23)24/h3-4,9,11H,5-8,10H2,1-2H3,(H,23,24). The lowest BCUT2D eigenvalue weighted by molar-refractivity contribution is -0.145. The fraction of sp³-hybridized carbons (Fsp3) is 0.471. The first kappa shape index (κ1) is 18.7. The summed E-state index contributed by atoms with van der Waals surface area (Å²) >= 11 is 0. The Morgan fingerprint density at radius 3 is 2.48 bits per heavy atom. The molecule has 1 saturated heterocycles. The molecule has 1 aliphatic rings. The van der Waals surface area contributed by atoms with Crippen LogP contribution in [-0.4, -0.2) is 66.5 Å². The van der Waals surface area contributed by atoms with Crippen LogP contribution in [0, 0.1) is 11.7 Å². The van der Waals surface area contributed by atoms with Gasteiger partial charge in [0.1, 0.15) is 11.6 Å². The first-order valence-electron chi connectivity index (χ1n) is 7.93. The molecule has 8 heteroatoms. The maximum Gasteiger partial charge on any atom is 0.306 e. The Morgan fingerprint density at radius 1 is 1.32 bits per heavy atom. The number of rotatable bonds is 5. The lowest BCUT2D eigenvalue weighted by Gasteiger charge is -2.31. The quantitative estimate of drug-likeness (QED) is 0.861. The van der Waals surface area contributed by atoms with E-state index in [1.807, 2.05) is 0 Å². The molecular formula is C17H21FN2O5. The van der Waals surface area contributed by atoms with E-state index in [1.165, 1.54) is 31.2 Å². The summed E-state index contributed by atoms with van der Waals surface area (Å²) in [6, 6.07) is 3.90. The summed E-state index contributed by atoms with van der Waals surface area (Å²) in [5, 5.41) is 8.97. The van der Waals surface area contributed by atoms with Gasteiger partial charge >= 0.3 is 5.97 Å². The van der Waals surface area contributed by atoms with Crippen molar-refractivity contribution in [3.63, 3.8) is 0 Å². The van der Waals surface area contributed by atoms with Gasteiger partial charge in [-0.05, 0) is 25.0 Å². The number of benzene rings is 1. The molecule has 2 amide bonds. The van der Waals surface area contributed by atoms with E-state index in [0.717, 1.165) is 11.0 Å². The summed E-state index contributed by atoms with van der Waals surface area (Å²) in [4.78, 5) is 38.2. The monoisotopic (exact) mass is 352 g/mol. The number of hydrogen-bond donors (Lipinski definition) is 1. The molecule has 0 bridgehead atoms. The zero-order chi connectivity index (χ0) is 18.6. The summed E-state index contributed by atoms with van der Waals surface area (Å²) in [6.07, 6.45) is 0.789. The third-order valence-corrected chi connectivity index (χ3v) is 4.32. The molecule has 1 fully saturated rings. The van der Waals surface area contributed by atoms with E-state index in [1.54, 1.807) is 0 Å². The van der Waals surface area contributed by atoms with E-state index in [-0.39, 0.29) is 18.0 Å². The van der Waals surface area contributed by atoms with Gasteiger partial charge in [0, 0.05) is 26.2 Å². The molecule has 0 spiro atoms. The topological polar surface area (TPSA) is 87.2 Å². The van der Waals surface area contributed by atoms with Crippen molar-refractivity contribution in [1.82, 2.24) is 9.80 Å². The summed E-state index contributed by atoms with van der Waals surface area (Å²) in [5.74, 6) is -2.59. The smallest absolute Gasteiger partial charge is 0.306 e. The molecule has 0 saturated carbocycles. The molecule has 1 aliphatic heterocycles. The van der Waals surface area contributed by atoms with E-state index in [4.69, 9.17) is 9.84 Å². The minimum atomic E-state index is -0.852. The van der Waals surface area contributed by atoms with Gasteiger partial charge in [-0.2, -0.15) is 0 Å². The Morgan fingerprint density at radius 2 is 1.96 bits per heavy atom. The summed E-state index contributed by atoms with van der Waals surface area (Å²) < 4.78 is 18.9. The number of carbonyl (C=O) groups excluding carboxylic acids is 2. The Labute approximate surface area is 145 Å².